The molecule has 6 aromatic carbocycles. The van der Waals surface area contributed by atoms with Crippen molar-refractivity contribution >= 4 is 84.8 Å². The number of fused-ring (bicyclic) bond motifs is 3. The van der Waals surface area contributed by atoms with E-state index < -0.39 is 24.0 Å². The molecule has 3 atom stereocenters. The smallest absolute Gasteiger partial charge is 0.225 e. The molecule has 3 aromatic heterocycles. The summed E-state index contributed by atoms with van der Waals surface area (Å²) in [6.45, 7) is 4.84. The summed E-state index contributed by atoms with van der Waals surface area (Å²) in [6.07, 6.45) is 5.56. The highest BCUT2D eigenvalue weighted by Crippen LogP contribution is 2.41. The number of carbonyl (C=O) groups is 6. The van der Waals surface area contributed by atoms with Crippen LogP contribution in [0, 0.1) is 0 Å². The van der Waals surface area contributed by atoms with Gasteiger partial charge in [-0.2, -0.15) is 0 Å². The van der Waals surface area contributed by atoms with Crippen LogP contribution in [0.4, 0.5) is 17.1 Å². The zero-order valence-corrected chi connectivity index (χ0v) is 40.5. The van der Waals surface area contributed by atoms with Crippen LogP contribution in [0.1, 0.15) is 91.1 Å². The molecule has 0 aliphatic heterocycles. The number of nitrogens with two attached hydrogens (primary N) is 3. The van der Waals surface area contributed by atoms with Gasteiger partial charge in [0, 0.05) is 91.0 Å². The van der Waals surface area contributed by atoms with Crippen LogP contribution in [0.3, 0.4) is 0 Å². The number of ketones is 3. The third-order valence-corrected chi connectivity index (χ3v) is 13.4. The number of Topliss-reactive ketones (excluding diaryl/α,β-unsaturated/α-hetero) is 3. The number of para-hydroxylation sites is 3. The van der Waals surface area contributed by atoms with Crippen LogP contribution < -0.4 is 33.2 Å². The lowest BCUT2D eigenvalue weighted by atomic mass is 9.81. The molecule has 0 aliphatic rings. The van der Waals surface area contributed by atoms with Crippen molar-refractivity contribution in [3.63, 3.8) is 0 Å². The maximum atomic E-state index is 13.8. The van der Waals surface area contributed by atoms with Crippen molar-refractivity contribution < 1.29 is 28.8 Å². The van der Waals surface area contributed by atoms with Crippen molar-refractivity contribution in [2.45, 2.75) is 64.1 Å². The van der Waals surface area contributed by atoms with Crippen LogP contribution in [-0.4, -0.2) is 68.1 Å². The molecule has 9 aromatic rings. The van der Waals surface area contributed by atoms with Gasteiger partial charge < -0.3 is 48.1 Å². The molecule has 73 heavy (non-hydrogen) atoms. The standard InChI is InChI=1S/C58H55N9O6/c1-31(65-52(68)25-37-28-62-49-13-7-4-10-40(37)49)56(71)34-16-19-43(46(59)22-34)55(44-20-17-35(23-47(44)60)57(72)32(2)66-53(69)26-38-29-63-50-14-8-5-11-41(38)50)45-21-18-36(24-48(45)61)58(73)33(3)67-54(70)27-39-30-64-51-15-9-6-12-42(39)51/h4-24,28-33,55,62-64H,25-27,59-61H2,1-3H3,(H,65,68)(H,66,69)(H,67,70). The average Bonchev–Trinajstić information content (AvgIpc) is 4.11. The minimum Gasteiger partial charge on any atom is -0.398 e. The first-order chi connectivity index (χ1) is 35.1. The summed E-state index contributed by atoms with van der Waals surface area (Å²) in [7, 11) is 0. The Kier molecular flexibility index (Phi) is 13.8. The first kappa shape index (κ1) is 48.8. The van der Waals surface area contributed by atoms with Gasteiger partial charge in [-0.3, -0.25) is 28.8 Å². The van der Waals surface area contributed by atoms with Gasteiger partial charge in [0.15, 0.2) is 17.3 Å². The Bertz CT molecular complexity index is 3250. The third kappa shape index (κ3) is 10.3. The molecular formula is C58H55N9O6. The van der Waals surface area contributed by atoms with Gasteiger partial charge in [-0.25, -0.2) is 0 Å². The molecule has 368 valence electrons. The molecule has 3 amide bonds. The SMILES string of the molecule is CC(NC(=O)Cc1c[nH]c2ccccc12)C(=O)c1ccc(C(c2ccc(C(=O)C(C)NC(=O)Cc3c[nH]c4ccccc34)cc2N)c2ccc(C(=O)C(C)NC(=O)Cc3c[nH]c4ccccc34)cc2N)c(N)c1. The highest BCUT2D eigenvalue weighted by atomic mass is 16.2. The molecule has 0 radical (unpaired) electrons. The number of H-pyrrole nitrogens is 3. The molecule has 15 heteroatoms. The molecule has 15 nitrogen and oxygen atoms in total. The number of rotatable bonds is 18. The fraction of sp³-hybridized carbons (Fsp3) is 0.172. The minimum absolute atomic E-state index is 0.0702. The van der Waals surface area contributed by atoms with Crippen LogP contribution in [0.15, 0.2) is 146 Å². The predicted octanol–water partition coefficient (Wildman–Crippen LogP) is 7.85. The molecule has 0 saturated heterocycles. The monoisotopic (exact) mass is 973 g/mol. The van der Waals surface area contributed by atoms with Gasteiger partial charge >= 0.3 is 0 Å². The van der Waals surface area contributed by atoms with Gasteiger partial charge in [-0.05, 0) is 90.6 Å². The van der Waals surface area contributed by atoms with E-state index in [1.54, 1.807) is 75.8 Å². The van der Waals surface area contributed by atoms with Crippen LogP contribution in [-0.2, 0) is 33.6 Å². The zero-order valence-electron chi connectivity index (χ0n) is 40.5. The average molecular weight is 974 g/mol. The number of aromatic amines is 3. The number of aromatic nitrogens is 3. The summed E-state index contributed by atoms with van der Waals surface area (Å²) < 4.78 is 0. The van der Waals surface area contributed by atoms with Gasteiger partial charge in [0.1, 0.15) is 0 Å². The lowest BCUT2D eigenvalue weighted by molar-refractivity contribution is -0.121. The summed E-state index contributed by atoms with van der Waals surface area (Å²) in [4.78, 5) is 90.6. The summed E-state index contributed by atoms with van der Waals surface area (Å²) in [6, 6.07) is 34.9. The van der Waals surface area contributed by atoms with E-state index in [0.29, 0.717) is 16.7 Å². The van der Waals surface area contributed by atoms with E-state index in [1.807, 2.05) is 72.8 Å². The van der Waals surface area contributed by atoms with Gasteiger partial charge in [0.25, 0.3) is 0 Å². The molecule has 0 aliphatic carbocycles. The van der Waals surface area contributed by atoms with E-state index in [0.717, 1.165) is 49.4 Å². The maximum Gasteiger partial charge on any atom is 0.225 e. The normalized spacial score (nSPS) is 13.0. The van der Waals surface area contributed by atoms with E-state index in [4.69, 9.17) is 17.2 Å². The number of anilines is 3. The van der Waals surface area contributed by atoms with E-state index >= 15 is 0 Å². The Labute approximate surface area is 420 Å². The fourth-order valence-electron chi connectivity index (χ4n) is 9.65. The van der Waals surface area contributed by atoms with Crippen molar-refractivity contribution in [3.8, 4) is 0 Å². The Morgan fingerprint density at radius 2 is 0.685 bits per heavy atom. The predicted molar refractivity (Wildman–Crippen MR) is 285 cm³/mol. The Morgan fingerprint density at radius 3 is 0.959 bits per heavy atom. The second kappa shape index (κ2) is 20.6. The number of hydrogen-bond donors (Lipinski definition) is 9. The maximum absolute atomic E-state index is 13.8. The van der Waals surface area contributed by atoms with Crippen molar-refractivity contribution in [1.29, 1.82) is 0 Å². The van der Waals surface area contributed by atoms with Gasteiger partial charge in [-0.15, -0.1) is 0 Å². The second-order valence-electron chi connectivity index (χ2n) is 18.5. The second-order valence-corrected chi connectivity index (χ2v) is 18.5. The number of benzene rings is 6. The molecule has 0 saturated carbocycles. The molecule has 0 spiro atoms. The van der Waals surface area contributed by atoms with E-state index in [1.165, 1.54) is 18.2 Å². The zero-order chi connectivity index (χ0) is 51.5. The molecule has 3 unspecified atom stereocenters. The van der Waals surface area contributed by atoms with Crippen LogP contribution in [0.2, 0.25) is 0 Å². The quantitative estimate of drug-likeness (QED) is 0.0230. The lowest BCUT2D eigenvalue weighted by Gasteiger charge is -2.25. The molecule has 3 heterocycles. The minimum atomic E-state index is -0.887. The molecule has 0 bridgehead atoms. The van der Waals surface area contributed by atoms with Crippen molar-refractivity contribution in [2.24, 2.45) is 0 Å². The fourth-order valence-corrected chi connectivity index (χ4v) is 9.65. The summed E-state index contributed by atoms with van der Waals surface area (Å²) >= 11 is 0. The van der Waals surface area contributed by atoms with Gasteiger partial charge in [-0.1, -0.05) is 91.0 Å². The van der Waals surface area contributed by atoms with Crippen LogP contribution in [0.5, 0.6) is 0 Å². The van der Waals surface area contributed by atoms with Crippen molar-refractivity contribution in [2.75, 3.05) is 17.2 Å². The highest BCUT2D eigenvalue weighted by Gasteiger charge is 2.29. The number of hydrogen-bond acceptors (Lipinski definition) is 9. The summed E-state index contributed by atoms with van der Waals surface area (Å²) in [5.74, 6) is -2.85. The molecule has 9 rings (SSSR count). The number of nitrogens with one attached hydrogen (secondary N) is 6. The Hall–Kier alpha value is -9.24. The summed E-state index contributed by atoms with van der Waals surface area (Å²) in [5, 5.41) is 11.2. The van der Waals surface area contributed by atoms with Crippen molar-refractivity contribution in [3.05, 3.63) is 196 Å². The number of nitrogen functional groups attached to an aromatic ring is 3. The van der Waals surface area contributed by atoms with Crippen LogP contribution in [0.25, 0.3) is 32.7 Å². The largest absolute Gasteiger partial charge is 0.398 e. The number of carbonyl (C=O) groups excluding carboxylic acids is 6. The van der Waals surface area contributed by atoms with E-state index in [9.17, 15) is 28.8 Å². The first-order valence-corrected chi connectivity index (χ1v) is 24.0. The topological polar surface area (TPSA) is 264 Å². The van der Waals surface area contributed by atoms with Gasteiger partial charge in [0.05, 0.1) is 37.4 Å². The van der Waals surface area contributed by atoms with Crippen LogP contribution >= 0.6 is 0 Å². The Balaban J connectivity index is 0.959. The first-order valence-electron chi connectivity index (χ1n) is 24.0. The molecular weight excluding hydrogens is 919 g/mol. The lowest BCUT2D eigenvalue weighted by Crippen LogP contribution is -2.39. The van der Waals surface area contributed by atoms with E-state index in [-0.39, 0.29) is 88.1 Å². The van der Waals surface area contributed by atoms with Crippen molar-refractivity contribution in [1.82, 2.24) is 30.9 Å². The number of amides is 3. The summed E-state index contributed by atoms with van der Waals surface area (Å²) in [5.41, 5.74) is 28.6. The van der Waals surface area contributed by atoms with Gasteiger partial charge in [0.2, 0.25) is 17.7 Å². The highest BCUT2D eigenvalue weighted by molar-refractivity contribution is 6.05. The molecule has 12 N–H and O–H groups in total. The third-order valence-electron chi connectivity index (χ3n) is 13.4. The van der Waals surface area contributed by atoms with E-state index in [2.05, 4.69) is 30.9 Å². The Morgan fingerprint density at radius 1 is 0.411 bits per heavy atom. The molecule has 0 fully saturated rings.